The number of amides is 1. The first-order chi connectivity index (χ1) is 17.0. The van der Waals surface area contributed by atoms with Crippen LogP contribution in [0.5, 0.6) is 0 Å². The van der Waals surface area contributed by atoms with Gasteiger partial charge in [-0.2, -0.15) is 4.72 Å². The fraction of sp³-hybridized carbons (Fsp3) is 0.538. The molecule has 3 rings (SSSR count). The number of sulfonamides is 1. The number of benzene rings is 2. The number of guanidine groups is 1. The molecule has 10 heteroatoms. The summed E-state index contributed by atoms with van der Waals surface area (Å²) in [6.45, 7) is 6.00. The van der Waals surface area contributed by atoms with Crippen molar-refractivity contribution in [2.75, 3.05) is 38.6 Å². The highest BCUT2D eigenvalue weighted by atomic mass is 32.2. The van der Waals surface area contributed by atoms with Gasteiger partial charge in [0.05, 0.1) is 4.90 Å². The van der Waals surface area contributed by atoms with Gasteiger partial charge in [0.2, 0.25) is 15.9 Å². The molecule has 2 aromatic carbocycles. The average Bonchev–Trinajstić information content (AvgIpc) is 2.84. The lowest BCUT2D eigenvalue weighted by molar-refractivity contribution is -0.134. The Morgan fingerprint density at radius 1 is 1.11 bits per heavy atom. The Morgan fingerprint density at radius 2 is 1.75 bits per heavy atom. The number of aliphatic imine (C=N–C) groups is 1. The highest BCUT2D eigenvalue weighted by Gasteiger charge is 2.32. The van der Waals surface area contributed by atoms with Gasteiger partial charge in [-0.3, -0.25) is 9.79 Å². The summed E-state index contributed by atoms with van der Waals surface area (Å²) in [5.41, 5.74) is 11.8. The average molecular weight is 517 g/mol. The Bertz CT molecular complexity index is 1180. The molecular formula is C26H40N6O3S. The summed E-state index contributed by atoms with van der Waals surface area (Å²) in [6, 6.07) is 9.90. The van der Waals surface area contributed by atoms with Gasteiger partial charge in [-0.1, -0.05) is 38.1 Å². The molecule has 1 atom stereocenters. The zero-order valence-corrected chi connectivity index (χ0v) is 22.6. The number of nitrogens with two attached hydrogens (primary N) is 2. The summed E-state index contributed by atoms with van der Waals surface area (Å²) < 4.78 is 30.0. The van der Waals surface area contributed by atoms with Crippen molar-refractivity contribution in [3.63, 3.8) is 0 Å². The standard InChI is InChI=1S/C26H40N6O3S/c1-18(2)19-13-16-32(17-14-19)25(33)22(10-7-15-29-26(27)28)30-36(34,35)24-12-6-8-20-21(24)9-5-11-23(20)31(3)4/h5-6,8-9,11-12,18-19,22,30H,7,10,13-17H2,1-4H3,(H4,27,28,29)/t22-/m0/s1. The fourth-order valence-corrected chi connectivity index (χ4v) is 6.33. The van der Waals surface area contributed by atoms with Crippen molar-refractivity contribution in [1.82, 2.24) is 9.62 Å². The highest BCUT2D eigenvalue weighted by molar-refractivity contribution is 7.89. The summed E-state index contributed by atoms with van der Waals surface area (Å²) in [7, 11) is -0.154. The fourth-order valence-electron chi connectivity index (χ4n) is 4.88. The number of nitrogens with one attached hydrogen (secondary N) is 1. The number of hydrogen-bond acceptors (Lipinski definition) is 5. The number of carbonyl (C=O) groups is 1. The molecule has 0 saturated carbocycles. The number of likely N-dealkylation sites (tertiary alicyclic amines) is 1. The molecule has 0 spiro atoms. The van der Waals surface area contributed by atoms with Crippen LogP contribution in [0.3, 0.4) is 0 Å². The number of fused-ring (bicyclic) bond motifs is 1. The van der Waals surface area contributed by atoms with Crippen molar-refractivity contribution < 1.29 is 13.2 Å². The third kappa shape index (κ3) is 6.67. The Kier molecular flexibility index (Phi) is 9.19. The van der Waals surface area contributed by atoms with Crippen LogP contribution in [0, 0.1) is 11.8 Å². The van der Waals surface area contributed by atoms with Gasteiger partial charge in [-0.15, -0.1) is 0 Å². The molecule has 1 fully saturated rings. The largest absolute Gasteiger partial charge is 0.377 e. The minimum Gasteiger partial charge on any atom is -0.377 e. The van der Waals surface area contributed by atoms with Crippen LogP contribution >= 0.6 is 0 Å². The van der Waals surface area contributed by atoms with Crippen LogP contribution in [0.15, 0.2) is 46.3 Å². The molecular weight excluding hydrogens is 476 g/mol. The van der Waals surface area contributed by atoms with E-state index >= 15 is 0 Å². The van der Waals surface area contributed by atoms with E-state index in [0.29, 0.717) is 49.7 Å². The predicted molar refractivity (Wildman–Crippen MR) is 146 cm³/mol. The lowest BCUT2D eigenvalue weighted by Crippen LogP contribution is -2.51. The molecule has 5 N–H and O–H groups in total. The second-order valence-corrected chi connectivity index (χ2v) is 11.7. The molecule has 1 heterocycles. The van der Waals surface area contributed by atoms with Gasteiger partial charge >= 0.3 is 0 Å². The second-order valence-electron chi connectivity index (χ2n) is 10.1. The molecule has 1 amide bonds. The molecule has 36 heavy (non-hydrogen) atoms. The third-order valence-corrected chi connectivity index (χ3v) is 8.50. The molecule has 1 saturated heterocycles. The van der Waals surface area contributed by atoms with Gasteiger partial charge in [0.25, 0.3) is 0 Å². The van der Waals surface area contributed by atoms with Crippen molar-refractivity contribution in [3.05, 3.63) is 36.4 Å². The molecule has 0 unspecified atom stereocenters. The maximum atomic E-state index is 13.6. The number of anilines is 1. The van der Waals surface area contributed by atoms with Gasteiger partial charge in [0, 0.05) is 50.2 Å². The highest BCUT2D eigenvalue weighted by Crippen LogP contribution is 2.31. The summed E-state index contributed by atoms with van der Waals surface area (Å²) >= 11 is 0. The first-order valence-electron chi connectivity index (χ1n) is 12.6. The Labute approximate surface area is 215 Å². The van der Waals surface area contributed by atoms with Gasteiger partial charge in [-0.05, 0) is 49.7 Å². The smallest absolute Gasteiger partial charge is 0.241 e. The molecule has 1 aliphatic rings. The SMILES string of the molecule is CC(C)C1CCN(C(=O)[C@H](CCCN=C(N)N)NS(=O)(=O)c2cccc3c(N(C)C)cccc23)CC1. The van der Waals surface area contributed by atoms with E-state index in [-0.39, 0.29) is 16.8 Å². The van der Waals surface area contributed by atoms with E-state index in [1.165, 1.54) is 0 Å². The number of rotatable bonds is 10. The van der Waals surface area contributed by atoms with E-state index in [9.17, 15) is 13.2 Å². The van der Waals surface area contributed by atoms with Crippen molar-refractivity contribution >= 4 is 38.3 Å². The first-order valence-corrected chi connectivity index (χ1v) is 14.0. The minimum atomic E-state index is -3.99. The molecule has 0 aliphatic carbocycles. The van der Waals surface area contributed by atoms with E-state index < -0.39 is 16.1 Å². The quantitative estimate of drug-likeness (QED) is 0.252. The maximum Gasteiger partial charge on any atom is 0.241 e. The van der Waals surface area contributed by atoms with Gasteiger partial charge in [0.1, 0.15) is 6.04 Å². The zero-order valence-electron chi connectivity index (χ0n) is 21.8. The lowest BCUT2D eigenvalue weighted by Gasteiger charge is -2.36. The zero-order chi connectivity index (χ0) is 26.5. The van der Waals surface area contributed by atoms with Crippen molar-refractivity contribution in [1.29, 1.82) is 0 Å². The van der Waals surface area contributed by atoms with Gasteiger partial charge in [0.15, 0.2) is 5.96 Å². The van der Waals surface area contributed by atoms with Crippen LogP contribution in [-0.4, -0.2) is 65.0 Å². The second kappa shape index (κ2) is 11.9. The number of piperidine rings is 1. The van der Waals surface area contributed by atoms with Crippen LogP contribution in [-0.2, 0) is 14.8 Å². The van der Waals surface area contributed by atoms with Gasteiger partial charge < -0.3 is 21.3 Å². The summed E-state index contributed by atoms with van der Waals surface area (Å²) in [4.78, 5) is 21.4. The topological polar surface area (TPSA) is 134 Å². The predicted octanol–water partition coefficient (Wildman–Crippen LogP) is 2.50. The van der Waals surface area contributed by atoms with E-state index in [1.807, 2.05) is 37.2 Å². The molecule has 198 valence electrons. The molecule has 1 aliphatic heterocycles. The summed E-state index contributed by atoms with van der Waals surface area (Å²) in [5.74, 6) is 0.920. The monoisotopic (exact) mass is 516 g/mol. The molecule has 0 radical (unpaired) electrons. The van der Waals surface area contributed by atoms with E-state index in [0.717, 1.165) is 23.9 Å². The summed E-state index contributed by atoms with van der Waals surface area (Å²) in [5, 5.41) is 1.44. The van der Waals surface area contributed by atoms with E-state index in [4.69, 9.17) is 11.5 Å². The number of nitrogens with zero attached hydrogens (tertiary/aromatic N) is 3. The maximum absolute atomic E-state index is 13.6. The summed E-state index contributed by atoms with van der Waals surface area (Å²) in [6.07, 6.45) is 2.62. The number of carbonyl (C=O) groups excluding carboxylic acids is 1. The Balaban J connectivity index is 1.88. The van der Waals surface area contributed by atoms with Crippen LogP contribution in [0.2, 0.25) is 0 Å². The van der Waals surface area contributed by atoms with Crippen molar-refractivity contribution in [3.8, 4) is 0 Å². The van der Waals surface area contributed by atoms with E-state index in [1.54, 1.807) is 23.1 Å². The normalized spacial score (nSPS) is 15.8. The van der Waals surface area contributed by atoms with Gasteiger partial charge in [-0.25, -0.2) is 8.42 Å². The van der Waals surface area contributed by atoms with Crippen LogP contribution in [0.25, 0.3) is 10.8 Å². The molecule has 2 aromatic rings. The molecule has 9 nitrogen and oxygen atoms in total. The van der Waals surface area contributed by atoms with Crippen LogP contribution in [0.1, 0.15) is 39.5 Å². The Hall–Kier alpha value is -2.85. The number of hydrogen-bond donors (Lipinski definition) is 3. The minimum absolute atomic E-state index is 0.0262. The Morgan fingerprint density at radius 3 is 2.36 bits per heavy atom. The lowest BCUT2D eigenvalue weighted by atomic mass is 9.86. The van der Waals surface area contributed by atoms with Crippen LogP contribution < -0.4 is 21.1 Å². The van der Waals surface area contributed by atoms with Crippen LogP contribution in [0.4, 0.5) is 5.69 Å². The molecule has 0 bridgehead atoms. The van der Waals surface area contributed by atoms with Crippen molar-refractivity contribution in [2.24, 2.45) is 28.3 Å². The third-order valence-electron chi connectivity index (χ3n) is 6.97. The van der Waals surface area contributed by atoms with E-state index in [2.05, 4.69) is 23.6 Å². The molecule has 0 aromatic heterocycles. The van der Waals surface area contributed by atoms with Crippen molar-refractivity contribution in [2.45, 2.75) is 50.5 Å². The first kappa shape index (κ1) is 27.7.